The van der Waals surface area contributed by atoms with E-state index in [1.165, 1.54) is 0 Å². The Balaban J connectivity index is 2.07. The first-order valence-corrected chi connectivity index (χ1v) is 8.49. The predicted molar refractivity (Wildman–Crippen MR) is 73.1 cm³/mol. The van der Waals surface area contributed by atoms with Crippen LogP contribution in [0, 0.1) is 0 Å². The van der Waals surface area contributed by atoms with Crippen LogP contribution in [0.15, 0.2) is 0 Å². The lowest BCUT2D eigenvalue weighted by atomic mass is 10.1. The fraction of sp³-hybridized carbons (Fsp3) is 1.00. The second-order valence-corrected chi connectivity index (χ2v) is 7.64. The summed E-state index contributed by atoms with van der Waals surface area (Å²) >= 11 is 0. The molecule has 0 bridgehead atoms. The van der Waals surface area contributed by atoms with Crippen molar-refractivity contribution in [3.8, 4) is 0 Å². The summed E-state index contributed by atoms with van der Waals surface area (Å²) in [7, 11) is -3.11. The lowest BCUT2D eigenvalue weighted by Gasteiger charge is -2.37. The molecule has 0 amide bonds. The fourth-order valence-electron chi connectivity index (χ4n) is 2.87. The van der Waals surface area contributed by atoms with Gasteiger partial charge in [0.2, 0.25) is 10.0 Å². The van der Waals surface area contributed by atoms with E-state index in [0.29, 0.717) is 13.1 Å². The summed E-state index contributed by atoms with van der Waals surface area (Å²) in [4.78, 5) is 2.39. The van der Waals surface area contributed by atoms with Crippen LogP contribution < -0.4 is 5.32 Å². The topological polar surface area (TPSA) is 52.6 Å². The highest BCUT2D eigenvalue weighted by Gasteiger charge is 2.36. The Hall–Kier alpha value is -0.170. The summed E-state index contributed by atoms with van der Waals surface area (Å²) in [6.07, 6.45) is 1.94. The summed E-state index contributed by atoms with van der Waals surface area (Å²) in [6, 6.07) is 0.208. The molecule has 0 aromatic rings. The zero-order chi connectivity index (χ0) is 13.2. The SMILES string of the molecule is CCN1CCC(N2CCNCC(C)S2(=O)=O)CC1. The molecule has 1 N–H and O–H groups in total. The van der Waals surface area contributed by atoms with E-state index >= 15 is 0 Å². The summed E-state index contributed by atoms with van der Waals surface area (Å²) in [5, 5.41) is 2.91. The number of nitrogens with one attached hydrogen (secondary N) is 1. The van der Waals surface area contributed by atoms with E-state index in [1.807, 2.05) is 6.92 Å². The van der Waals surface area contributed by atoms with Gasteiger partial charge >= 0.3 is 0 Å². The van der Waals surface area contributed by atoms with Crippen molar-refractivity contribution in [2.24, 2.45) is 0 Å². The Bertz CT molecular complexity index is 364. The summed E-state index contributed by atoms with van der Waals surface area (Å²) in [5.41, 5.74) is 0. The Morgan fingerprint density at radius 1 is 1.22 bits per heavy atom. The van der Waals surface area contributed by atoms with Crippen LogP contribution in [-0.2, 0) is 10.0 Å². The molecule has 2 fully saturated rings. The van der Waals surface area contributed by atoms with Crippen molar-refractivity contribution in [2.45, 2.75) is 38.0 Å². The van der Waals surface area contributed by atoms with Gasteiger partial charge in [0.15, 0.2) is 0 Å². The van der Waals surface area contributed by atoms with Crippen LogP contribution in [0.3, 0.4) is 0 Å². The fourth-order valence-corrected chi connectivity index (χ4v) is 4.64. The minimum atomic E-state index is -3.11. The van der Waals surface area contributed by atoms with Crippen molar-refractivity contribution in [3.63, 3.8) is 0 Å². The molecule has 0 radical (unpaired) electrons. The number of piperidine rings is 1. The van der Waals surface area contributed by atoms with Crippen LogP contribution in [0.1, 0.15) is 26.7 Å². The van der Waals surface area contributed by atoms with Crippen LogP contribution in [0.4, 0.5) is 0 Å². The zero-order valence-corrected chi connectivity index (χ0v) is 12.2. The number of sulfonamides is 1. The molecule has 2 heterocycles. The molecule has 2 rings (SSSR count). The van der Waals surface area contributed by atoms with Gasteiger partial charge in [0.05, 0.1) is 5.25 Å². The lowest BCUT2D eigenvalue weighted by molar-refractivity contribution is 0.166. The minimum absolute atomic E-state index is 0.208. The van der Waals surface area contributed by atoms with Crippen molar-refractivity contribution >= 4 is 10.0 Å². The molecule has 5 nitrogen and oxygen atoms in total. The summed E-state index contributed by atoms with van der Waals surface area (Å²) in [6.45, 7) is 9.06. The molecule has 106 valence electrons. The van der Waals surface area contributed by atoms with Crippen molar-refractivity contribution in [1.82, 2.24) is 14.5 Å². The molecule has 2 aliphatic heterocycles. The highest BCUT2D eigenvalue weighted by Crippen LogP contribution is 2.22. The van der Waals surface area contributed by atoms with E-state index in [2.05, 4.69) is 17.1 Å². The van der Waals surface area contributed by atoms with E-state index in [9.17, 15) is 8.42 Å². The van der Waals surface area contributed by atoms with E-state index in [-0.39, 0.29) is 11.3 Å². The van der Waals surface area contributed by atoms with Gasteiger partial charge in [-0.1, -0.05) is 6.92 Å². The molecule has 0 saturated carbocycles. The maximum absolute atomic E-state index is 12.5. The molecule has 2 aliphatic rings. The zero-order valence-electron chi connectivity index (χ0n) is 11.4. The molecule has 2 saturated heterocycles. The van der Waals surface area contributed by atoms with Gasteiger partial charge in [0.1, 0.15) is 0 Å². The standard InChI is InChI=1S/C12H25N3O2S/c1-3-14-7-4-12(5-8-14)15-9-6-13-10-11(2)18(15,16)17/h11-13H,3-10H2,1-2H3. The van der Waals surface area contributed by atoms with Crippen molar-refractivity contribution in [3.05, 3.63) is 0 Å². The second-order valence-electron chi connectivity index (χ2n) is 5.34. The van der Waals surface area contributed by atoms with Gasteiger partial charge in [0, 0.05) is 25.7 Å². The van der Waals surface area contributed by atoms with Gasteiger partial charge in [0.25, 0.3) is 0 Å². The number of nitrogens with zero attached hydrogens (tertiary/aromatic N) is 2. The Morgan fingerprint density at radius 3 is 2.50 bits per heavy atom. The molecule has 6 heteroatoms. The van der Waals surface area contributed by atoms with Crippen LogP contribution in [-0.4, -0.2) is 68.2 Å². The molecule has 1 atom stereocenters. The van der Waals surface area contributed by atoms with E-state index < -0.39 is 10.0 Å². The largest absolute Gasteiger partial charge is 0.314 e. The van der Waals surface area contributed by atoms with Gasteiger partial charge in [-0.15, -0.1) is 0 Å². The maximum atomic E-state index is 12.5. The van der Waals surface area contributed by atoms with E-state index in [4.69, 9.17) is 0 Å². The number of hydrogen-bond acceptors (Lipinski definition) is 4. The van der Waals surface area contributed by atoms with E-state index in [1.54, 1.807) is 4.31 Å². The number of likely N-dealkylation sites (tertiary alicyclic amines) is 1. The molecule has 18 heavy (non-hydrogen) atoms. The number of hydrogen-bond donors (Lipinski definition) is 1. The highest BCUT2D eigenvalue weighted by atomic mass is 32.2. The predicted octanol–water partition coefficient (Wildman–Crippen LogP) is 0.0942. The van der Waals surface area contributed by atoms with Crippen LogP contribution in [0.5, 0.6) is 0 Å². The highest BCUT2D eigenvalue weighted by molar-refractivity contribution is 7.89. The molecule has 0 aromatic heterocycles. The smallest absolute Gasteiger partial charge is 0.218 e. The second kappa shape index (κ2) is 5.86. The third kappa shape index (κ3) is 2.87. The third-order valence-electron chi connectivity index (χ3n) is 4.19. The Kier molecular flexibility index (Phi) is 4.64. The van der Waals surface area contributed by atoms with Gasteiger partial charge in [-0.25, -0.2) is 8.42 Å². The first-order valence-electron chi connectivity index (χ1n) is 6.99. The van der Waals surface area contributed by atoms with Gasteiger partial charge in [-0.05, 0) is 39.4 Å². The average Bonchev–Trinajstić information content (AvgIpc) is 2.50. The van der Waals surface area contributed by atoms with Gasteiger partial charge < -0.3 is 10.2 Å². The van der Waals surface area contributed by atoms with Crippen molar-refractivity contribution in [2.75, 3.05) is 39.3 Å². The first-order chi connectivity index (χ1) is 8.55. The molecule has 0 aliphatic carbocycles. The Morgan fingerprint density at radius 2 is 1.89 bits per heavy atom. The number of rotatable bonds is 2. The van der Waals surface area contributed by atoms with E-state index in [0.717, 1.165) is 39.0 Å². The third-order valence-corrected chi connectivity index (χ3v) is 6.51. The lowest BCUT2D eigenvalue weighted by Crippen LogP contribution is -2.49. The van der Waals surface area contributed by atoms with Crippen LogP contribution >= 0.6 is 0 Å². The van der Waals surface area contributed by atoms with Crippen LogP contribution in [0.25, 0.3) is 0 Å². The van der Waals surface area contributed by atoms with Gasteiger partial charge in [-0.2, -0.15) is 4.31 Å². The Labute approximate surface area is 111 Å². The van der Waals surface area contributed by atoms with Crippen LogP contribution in [0.2, 0.25) is 0 Å². The maximum Gasteiger partial charge on any atom is 0.218 e. The molecule has 0 aromatic carbocycles. The average molecular weight is 275 g/mol. The molecular formula is C12H25N3O2S. The molecule has 1 unspecified atom stereocenters. The summed E-state index contributed by atoms with van der Waals surface area (Å²) < 4.78 is 26.7. The monoisotopic (exact) mass is 275 g/mol. The van der Waals surface area contributed by atoms with Crippen molar-refractivity contribution in [1.29, 1.82) is 0 Å². The van der Waals surface area contributed by atoms with Gasteiger partial charge in [-0.3, -0.25) is 0 Å². The molecule has 0 spiro atoms. The summed E-state index contributed by atoms with van der Waals surface area (Å²) in [5.74, 6) is 0. The van der Waals surface area contributed by atoms with Crippen molar-refractivity contribution < 1.29 is 8.42 Å². The quantitative estimate of drug-likeness (QED) is 0.776. The normalized spacial score (nSPS) is 32.2. The first kappa shape index (κ1) is 14.2. The minimum Gasteiger partial charge on any atom is -0.314 e. The molecular weight excluding hydrogens is 250 g/mol.